The highest BCUT2D eigenvalue weighted by atomic mass is 32.2. The number of carbonyl (C=O) groups is 1. The summed E-state index contributed by atoms with van der Waals surface area (Å²) in [6.07, 6.45) is 3.29. The van der Waals surface area contributed by atoms with E-state index in [1.807, 2.05) is 24.3 Å². The minimum Gasteiger partial charge on any atom is -0.490 e. The van der Waals surface area contributed by atoms with Crippen molar-refractivity contribution in [3.63, 3.8) is 0 Å². The van der Waals surface area contributed by atoms with Crippen molar-refractivity contribution < 1.29 is 9.53 Å². The van der Waals surface area contributed by atoms with E-state index in [1.165, 1.54) is 11.1 Å². The quantitative estimate of drug-likeness (QED) is 0.421. The van der Waals surface area contributed by atoms with Crippen molar-refractivity contribution in [1.82, 2.24) is 5.43 Å². The van der Waals surface area contributed by atoms with Crippen molar-refractivity contribution in [2.75, 3.05) is 12.4 Å². The van der Waals surface area contributed by atoms with Gasteiger partial charge in [-0.2, -0.15) is 5.10 Å². The Morgan fingerprint density at radius 1 is 1.28 bits per heavy atom. The predicted molar refractivity (Wildman–Crippen MR) is 105 cm³/mol. The lowest BCUT2D eigenvalue weighted by atomic mass is 10.2. The van der Waals surface area contributed by atoms with Crippen LogP contribution in [0.1, 0.15) is 16.7 Å². The van der Waals surface area contributed by atoms with Gasteiger partial charge in [0.1, 0.15) is 12.4 Å². The molecule has 0 aliphatic carbocycles. The molecule has 0 spiro atoms. The first kappa shape index (κ1) is 18.8. The highest BCUT2D eigenvalue weighted by molar-refractivity contribution is 7.99. The molecule has 1 amide bonds. The Bertz CT molecular complexity index is 727. The van der Waals surface area contributed by atoms with Gasteiger partial charge >= 0.3 is 0 Å². The van der Waals surface area contributed by atoms with Crippen LogP contribution in [0.3, 0.4) is 0 Å². The van der Waals surface area contributed by atoms with Crippen LogP contribution in [0.2, 0.25) is 0 Å². The second kappa shape index (κ2) is 10.4. The topological polar surface area (TPSA) is 50.7 Å². The van der Waals surface area contributed by atoms with Gasteiger partial charge in [-0.1, -0.05) is 54.6 Å². The Kier molecular flexibility index (Phi) is 7.79. The molecule has 1 N–H and O–H groups in total. The SMILES string of the molecule is C=CCOc1cccc(/C=N/NC(=O)CSCc2ccc(C)cc2)c1. The number of aryl methyl sites for hydroxylation is 1. The third kappa shape index (κ3) is 7.27. The maximum absolute atomic E-state index is 11.8. The summed E-state index contributed by atoms with van der Waals surface area (Å²) in [5.74, 6) is 1.80. The van der Waals surface area contributed by atoms with Gasteiger partial charge in [0.05, 0.1) is 12.0 Å². The van der Waals surface area contributed by atoms with Gasteiger partial charge in [0.25, 0.3) is 0 Å². The molecule has 0 radical (unpaired) electrons. The number of hydrazone groups is 1. The molecule has 0 heterocycles. The van der Waals surface area contributed by atoms with E-state index in [9.17, 15) is 4.79 Å². The minimum atomic E-state index is -0.118. The number of nitrogens with zero attached hydrogens (tertiary/aromatic N) is 1. The molecule has 0 saturated carbocycles. The normalized spacial score (nSPS) is 10.6. The van der Waals surface area contributed by atoms with Crippen LogP contribution in [-0.4, -0.2) is 24.5 Å². The molecule has 25 heavy (non-hydrogen) atoms. The fourth-order valence-corrected chi connectivity index (χ4v) is 2.78. The number of hydrogen-bond acceptors (Lipinski definition) is 4. The highest BCUT2D eigenvalue weighted by Gasteiger charge is 2.01. The fourth-order valence-electron chi connectivity index (χ4n) is 2.00. The molecule has 0 aliphatic rings. The van der Waals surface area contributed by atoms with Crippen LogP contribution in [0.5, 0.6) is 5.75 Å². The summed E-state index contributed by atoms with van der Waals surface area (Å²) >= 11 is 1.56. The number of benzene rings is 2. The first-order chi connectivity index (χ1) is 12.2. The Morgan fingerprint density at radius 3 is 2.84 bits per heavy atom. The van der Waals surface area contributed by atoms with E-state index in [0.29, 0.717) is 12.4 Å². The molecule has 2 aromatic rings. The van der Waals surface area contributed by atoms with Gasteiger partial charge < -0.3 is 4.74 Å². The van der Waals surface area contributed by atoms with Gasteiger partial charge in [-0.25, -0.2) is 5.43 Å². The van der Waals surface area contributed by atoms with E-state index >= 15 is 0 Å². The summed E-state index contributed by atoms with van der Waals surface area (Å²) in [4.78, 5) is 11.8. The van der Waals surface area contributed by atoms with Crippen molar-refractivity contribution in [2.45, 2.75) is 12.7 Å². The zero-order chi connectivity index (χ0) is 17.9. The van der Waals surface area contributed by atoms with Gasteiger partial charge in [0.15, 0.2) is 0 Å². The van der Waals surface area contributed by atoms with Crippen molar-refractivity contribution in [3.8, 4) is 5.75 Å². The molecule has 2 aromatic carbocycles. The lowest BCUT2D eigenvalue weighted by molar-refractivity contribution is -0.118. The number of hydrogen-bond donors (Lipinski definition) is 1. The first-order valence-electron chi connectivity index (χ1n) is 7.96. The van der Waals surface area contributed by atoms with Gasteiger partial charge in [0, 0.05) is 5.75 Å². The number of ether oxygens (including phenoxy) is 1. The third-order valence-corrected chi connectivity index (χ3v) is 4.26. The second-order valence-electron chi connectivity index (χ2n) is 5.44. The van der Waals surface area contributed by atoms with Crippen molar-refractivity contribution >= 4 is 23.9 Å². The maximum atomic E-state index is 11.8. The first-order valence-corrected chi connectivity index (χ1v) is 9.12. The maximum Gasteiger partial charge on any atom is 0.250 e. The summed E-state index contributed by atoms with van der Waals surface area (Å²) in [7, 11) is 0. The molecule has 0 saturated heterocycles. The fraction of sp³-hybridized carbons (Fsp3) is 0.200. The van der Waals surface area contributed by atoms with E-state index in [0.717, 1.165) is 17.1 Å². The van der Waals surface area contributed by atoms with Gasteiger partial charge in [-0.15, -0.1) is 11.8 Å². The van der Waals surface area contributed by atoms with Gasteiger partial charge in [0.2, 0.25) is 5.91 Å². The molecule has 0 aliphatic heterocycles. The molecule has 4 nitrogen and oxygen atoms in total. The standard InChI is InChI=1S/C20H22N2O2S/c1-3-11-24-19-6-4-5-18(12-19)13-21-22-20(23)15-25-14-17-9-7-16(2)8-10-17/h3-10,12-13H,1,11,14-15H2,2H3,(H,22,23)/b21-13+. The van der Waals surface area contributed by atoms with Crippen LogP contribution in [0.4, 0.5) is 0 Å². The van der Waals surface area contributed by atoms with Crippen molar-refractivity contribution in [3.05, 3.63) is 77.9 Å². The van der Waals surface area contributed by atoms with Crippen LogP contribution < -0.4 is 10.2 Å². The zero-order valence-electron chi connectivity index (χ0n) is 14.3. The highest BCUT2D eigenvalue weighted by Crippen LogP contribution is 2.13. The molecular formula is C20H22N2O2S. The Morgan fingerprint density at radius 2 is 2.08 bits per heavy atom. The Hall–Kier alpha value is -2.53. The zero-order valence-corrected chi connectivity index (χ0v) is 15.1. The van der Waals surface area contributed by atoms with Crippen molar-refractivity contribution in [1.29, 1.82) is 0 Å². The summed E-state index contributed by atoms with van der Waals surface area (Å²) in [5.41, 5.74) is 5.84. The minimum absolute atomic E-state index is 0.118. The molecular weight excluding hydrogens is 332 g/mol. The lowest BCUT2D eigenvalue weighted by Crippen LogP contribution is -2.19. The van der Waals surface area contributed by atoms with Crippen LogP contribution in [0, 0.1) is 6.92 Å². The monoisotopic (exact) mass is 354 g/mol. The number of carbonyl (C=O) groups excluding carboxylic acids is 1. The molecule has 0 bridgehead atoms. The average Bonchev–Trinajstić information content (AvgIpc) is 2.62. The van der Waals surface area contributed by atoms with Gasteiger partial charge in [-0.05, 0) is 30.2 Å². The molecule has 2 rings (SSSR count). The molecule has 130 valence electrons. The van der Waals surface area contributed by atoms with E-state index in [2.05, 4.69) is 48.3 Å². The third-order valence-electron chi connectivity index (χ3n) is 3.25. The number of nitrogens with one attached hydrogen (secondary N) is 1. The molecule has 0 aromatic heterocycles. The van der Waals surface area contributed by atoms with E-state index in [-0.39, 0.29) is 5.91 Å². The summed E-state index contributed by atoms with van der Waals surface area (Å²) in [5, 5.41) is 3.99. The summed E-state index contributed by atoms with van der Waals surface area (Å²) in [6, 6.07) is 15.8. The lowest BCUT2D eigenvalue weighted by Gasteiger charge is -2.04. The number of rotatable bonds is 9. The predicted octanol–water partition coefficient (Wildman–Crippen LogP) is 3.94. The smallest absolute Gasteiger partial charge is 0.250 e. The molecule has 0 atom stereocenters. The number of amides is 1. The molecule has 0 unspecified atom stereocenters. The van der Waals surface area contributed by atoms with E-state index in [1.54, 1.807) is 24.1 Å². The van der Waals surface area contributed by atoms with E-state index in [4.69, 9.17) is 4.74 Å². The van der Waals surface area contributed by atoms with E-state index < -0.39 is 0 Å². The largest absolute Gasteiger partial charge is 0.490 e. The van der Waals surface area contributed by atoms with Crippen LogP contribution in [0.25, 0.3) is 0 Å². The van der Waals surface area contributed by atoms with Crippen LogP contribution in [-0.2, 0) is 10.5 Å². The van der Waals surface area contributed by atoms with Crippen LogP contribution >= 0.6 is 11.8 Å². The van der Waals surface area contributed by atoms with Crippen molar-refractivity contribution in [2.24, 2.45) is 5.10 Å². The Balaban J connectivity index is 1.72. The van der Waals surface area contributed by atoms with Gasteiger partial charge in [-0.3, -0.25) is 4.79 Å². The molecule has 0 fully saturated rings. The summed E-state index contributed by atoms with van der Waals surface area (Å²) < 4.78 is 5.46. The molecule has 5 heteroatoms. The number of thioether (sulfide) groups is 1. The Labute approximate surface area is 153 Å². The average molecular weight is 354 g/mol. The van der Waals surface area contributed by atoms with Crippen LogP contribution in [0.15, 0.2) is 66.3 Å². The summed E-state index contributed by atoms with van der Waals surface area (Å²) in [6.45, 7) is 6.13. The second-order valence-corrected chi connectivity index (χ2v) is 6.43.